The third-order valence-corrected chi connectivity index (χ3v) is 7.97. The molecule has 0 aromatic heterocycles. The van der Waals surface area contributed by atoms with Gasteiger partial charge in [-0.05, 0) is 128 Å². The standard InChI is InChI=1S/C32H39NO3/c34-29-12-11-25-21-27(10-9-26(25)22-29)32-16-13-30(35)23-28(32)8-5-24-6-14-31(15-7-24)36-20-19-33-17-3-1-2-4-18-33/h6-7,11-16,22-23,27,34-35H,1-5,8-10,17-21H2. The number of rotatable bonds is 8. The van der Waals surface area contributed by atoms with Crippen molar-refractivity contribution in [2.45, 2.75) is 63.7 Å². The fourth-order valence-corrected chi connectivity index (χ4v) is 5.90. The van der Waals surface area contributed by atoms with E-state index < -0.39 is 0 Å². The summed E-state index contributed by atoms with van der Waals surface area (Å²) in [6.45, 7) is 4.16. The minimum absolute atomic E-state index is 0.336. The number of hydrogen-bond acceptors (Lipinski definition) is 4. The largest absolute Gasteiger partial charge is 0.508 e. The SMILES string of the molecule is Oc1ccc2c(c1)CCC(c1ccc(O)cc1CCc1ccc(OCCN3CCCCCC3)cc1)C2. The summed E-state index contributed by atoms with van der Waals surface area (Å²) < 4.78 is 6.03. The van der Waals surface area contributed by atoms with Crippen molar-refractivity contribution in [3.8, 4) is 17.2 Å². The van der Waals surface area contributed by atoms with Crippen LogP contribution in [0.25, 0.3) is 0 Å². The first-order valence-corrected chi connectivity index (χ1v) is 13.7. The Morgan fingerprint density at radius 1 is 0.778 bits per heavy atom. The van der Waals surface area contributed by atoms with Crippen molar-refractivity contribution in [1.82, 2.24) is 4.90 Å². The lowest BCUT2D eigenvalue weighted by molar-refractivity contribution is 0.214. The van der Waals surface area contributed by atoms with Crippen LogP contribution in [0.15, 0.2) is 60.7 Å². The van der Waals surface area contributed by atoms with Gasteiger partial charge in [-0.15, -0.1) is 0 Å². The number of likely N-dealkylation sites (tertiary alicyclic amines) is 1. The van der Waals surface area contributed by atoms with Gasteiger partial charge in [0.15, 0.2) is 0 Å². The zero-order valence-corrected chi connectivity index (χ0v) is 21.3. The van der Waals surface area contributed by atoms with Crippen LogP contribution in [0.4, 0.5) is 0 Å². The first-order valence-electron chi connectivity index (χ1n) is 13.7. The second kappa shape index (κ2) is 11.8. The first kappa shape index (κ1) is 24.7. The molecule has 0 radical (unpaired) electrons. The molecule has 1 unspecified atom stereocenters. The van der Waals surface area contributed by atoms with Gasteiger partial charge in [0.05, 0.1) is 0 Å². The Morgan fingerprint density at radius 2 is 1.53 bits per heavy atom. The lowest BCUT2D eigenvalue weighted by atomic mass is 9.78. The van der Waals surface area contributed by atoms with Crippen LogP contribution in [-0.2, 0) is 25.7 Å². The highest BCUT2D eigenvalue weighted by molar-refractivity contribution is 5.43. The number of aryl methyl sites for hydroxylation is 3. The van der Waals surface area contributed by atoms with E-state index in [4.69, 9.17) is 4.74 Å². The third-order valence-electron chi connectivity index (χ3n) is 7.97. The molecule has 0 saturated carbocycles. The minimum Gasteiger partial charge on any atom is -0.508 e. The molecule has 0 bridgehead atoms. The highest BCUT2D eigenvalue weighted by Gasteiger charge is 2.22. The van der Waals surface area contributed by atoms with Crippen molar-refractivity contribution in [3.05, 3.63) is 88.5 Å². The number of fused-ring (bicyclic) bond motifs is 1. The fourth-order valence-electron chi connectivity index (χ4n) is 5.90. The second-order valence-corrected chi connectivity index (χ2v) is 10.5. The Hall–Kier alpha value is -2.98. The molecular weight excluding hydrogens is 446 g/mol. The Kier molecular flexibility index (Phi) is 8.12. The molecular formula is C32H39NO3. The van der Waals surface area contributed by atoms with Gasteiger partial charge in [-0.25, -0.2) is 0 Å². The van der Waals surface area contributed by atoms with Crippen LogP contribution in [0, 0.1) is 0 Å². The molecule has 0 spiro atoms. The van der Waals surface area contributed by atoms with E-state index in [1.165, 1.54) is 66.6 Å². The molecule has 0 amide bonds. The van der Waals surface area contributed by atoms with Crippen LogP contribution in [-0.4, -0.2) is 41.4 Å². The van der Waals surface area contributed by atoms with Crippen molar-refractivity contribution in [2.24, 2.45) is 0 Å². The van der Waals surface area contributed by atoms with E-state index in [0.717, 1.165) is 51.0 Å². The van der Waals surface area contributed by atoms with Gasteiger partial charge in [0, 0.05) is 6.54 Å². The summed E-state index contributed by atoms with van der Waals surface area (Å²) in [7, 11) is 0. The van der Waals surface area contributed by atoms with Gasteiger partial charge < -0.3 is 14.9 Å². The molecule has 2 aliphatic rings. The van der Waals surface area contributed by atoms with Gasteiger partial charge in [-0.1, -0.05) is 37.1 Å². The predicted molar refractivity (Wildman–Crippen MR) is 145 cm³/mol. The average Bonchev–Trinajstić information content (AvgIpc) is 3.17. The van der Waals surface area contributed by atoms with E-state index in [9.17, 15) is 10.2 Å². The molecule has 5 rings (SSSR count). The maximum absolute atomic E-state index is 10.2. The lowest BCUT2D eigenvalue weighted by Gasteiger charge is -2.27. The van der Waals surface area contributed by atoms with E-state index in [-0.39, 0.29) is 0 Å². The molecule has 1 fully saturated rings. The predicted octanol–water partition coefficient (Wildman–Crippen LogP) is 6.41. The smallest absolute Gasteiger partial charge is 0.119 e. The molecule has 3 aromatic rings. The van der Waals surface area contributed by atoms with Crippen LogP contribution in [0.2, 0.25) is 0 Å². The summed E-state index contributed by atoms with van der Waals surface area (Å²) in [5.74, 6) is 2.07. The lowest BCUT2D eigenvalue weighted by Crippen LogP contribution is -2.29. The van der Waals surface area contributed by atoms with Gasteiger partial charge in [0.2, 0.25) is 0 Å². The van der Waals surface area contributed by atoms with Gasteiger partial charge in [-0.3, -0.25) is 4.90 Å². The normalized spacial score (nSPS) is 18.4. The number of phenols is 2. The maximum atomic E-state index is 10.2. The Balaban J connectivity index is 1.17. The van der Waals surface area contributed by atoms with Crippen molar-refractivity contribution < 1.29 is 14.9 Å². The van der Waals surface area contributed by atoms with Crippen LogP contribution in [0.5, 0.6) is 17.2 Å². The fraction of sp³-hybridized carbons (Fsp3) is 0.438. The monoisotopic (exact) mass is 485 g/mol. The van der Waals surface area contributed by atoms with Crippen molar-refractivity contribution in [2.75, 3.05) is 26.2 Å². The van der Waals surface area contributed by atoms with Crippen LogP contribution in [0.3, 0.4) is 0 Å². The Morgan fingerprint density at radius 3 is 2.33 bits per heavy atom. The number of aromatic hydroxyl groups is 2. The number of ether oxygens (including phenoxy) is 1. The van der Waals surface area contributed by atoms with Gasteiger partial charge in [-0.2, -0.15) is 0 Å². The van der Waals surface area contributed by atoms with Crippen molar-refractivity contribution in [1.29, 1.82) is 0 Å². The molecule has 3 aromatic carbocycles. The van der Waals surface area contributed by atoms with E-state index in [2.05, 4.69) is 41.3 Å². The molecule has 1 heterocycles. The number of phenolic OH excluding ortho intramolecular Hbond substituents is 2. The van der Waals surface area contributed by atoms with Crippen LogP contribution >= 0.6 is 0 Å². The summed E-state index contributed by atoms with van der Waals surface area (Å²) in [5.41, 5.74) is 6.46. The zero-order chi connectivity index (χ0) is 24.7. The summed E-state index contributed by atoms with van der Waals surface area (Å²) in [6.07, 6.45) is 10.2. The molecule has 190 valence electrons. The van der Waals surface area contributed by atoms with Crippen molar-refractivity contribution in [3.63, 3.8) is 0 Å². The molecule has 2 N–H and O–H groups in total. The molecule has 1 saturated heterocycles. The van der Waals surface area contributed by atoms with E-state index >= 15 is 0 Å². The topological polar surface area (TPSA) is 52.9 Å². The number of benzene rings is 3. The molecule has 1 atom stereocenters. The molecule has 1 aliphatic carbocycles. The van der Waals surface area contributed by atoms with E-state index in [0.29, 0.717) is 17.4 Å². The highest BCUT2D eigenvalue weighted by atomic mass is 16.5. The number of hydrogen-bond donors (Lipinski definition) is 2. The summed E-state index contributed by atoms with van der Waals surface area (Å²) in [5, 5.41) is 20.0. The Bertz CT molecular complexity index is 1130. The summed E-state index contributed by atoms with van der Waals surface area (Å²) in [4.78, 5) is 2.53. The quantitative estimate of drug-likeness (QED) is 0.387. The van der Waals surface area contributed by atoms with Gasteiger partial charge in [0.25, 0.3) is 0 Å². The van der Waals surface area contributed by atoms with Crippen molar-refractivity contribution >= 4 is 0 Å². The Labute approximate surface area is 215 Å². The maximum Gasteiger partial charge on any atom is 0.119 e. The van der Waals surface area contributed by atoms with Gasteiger partial charge >= 0.3 is 0 Å². The van der Waals surface area contributed by atoms with E-state index in [1.54, 1.807) is 6.07 Å². The van der Waals surface area contributed by atoms with E-state index in [1.807, 2.05) is 18.2 Å². The minimum atomic E-state index is 0.336. The van der Waals surface area contributed by atoms with Crippen LogP contribution < -0.4 is 4.74 Å². The van der Waals surface area contributed by atoms with Gasteiger partial charge in [0.1, 0.15) is 23.9 Å². The summed E-state index contributed by atoms with van der Waals surface area (Å²) >= 11 is 0. The number of nitrogens with zero attached hydrogens (tertiary/aromatic N) is 1. The first-order chi connectivity index (χ1) is 17.6. The molecule has 4 heteroatoms. The third kappa shape index (κ3) is 6.41. The summed E-state index contributed by atoms with van der Waals surface area (Å²) in [6, 6.07) is 20.2. The van der Waals surface area contributed by atoms with Crippen LogP contribution in [0.1, 0.15) is 65.8 Å². The average molecular weight is 486 g/mol. The zero-order valence-electron chi connectivity index (χ0n) is 21.3. The molecule has 4 nitrogen and oxygen atoms in total. The second-order valence-electron chi connectivity index (χ2n) is 10.5. The molecule has 1 aliphatic heterocycles. The molecule has 36 heavy (non-hydrogen) atoms. The highest BCUT2D eigenvalue weighted by Crippen LogP contribution is 2.37.